The predicted octanol–water partition coefficient (Wildman–Crippen LogP) is 1.18. The molecule has 0 bridgehead atoms. The van der Waals surface area contributed by atoms with Gasteiger partial charge in [-0.25, -0.2) is 0 Å². The number of nitrogens with zero attached hydrogens (tertiary/aromatic N) is 1. The Hall–Kier alpha value is -0.940. The molecule has 21 heavy (non-hydrogen) atoms. The number of ketones is 1. The van der Waals surface area contributed by atoms with E-state index in [2.05, 4.69) is 22.5 Å². The number of piperidine rings is 1. The Morgan fingerprint density at radius 3 is 2.52 bits per heavy atom. The summed E-state index contributed by atoms with van der Waals surface area (Å²) >= 11 is 0. The number of nitrogens with one attached hydrogen (secondary N) is 2. The standard InChI is InChI=1S/C16H31N3O2/c1-5-19(10-14-8-6-7-9-17-14)11-15(21)18-16(12(2)3)13(4)20/h12,14,16-17H,5-11H2,1-4H3,(H,18,21). The number of carbonyl (C=O) groups is 2. The lowest BCUT2D eigenvalue weighted by Gasteiger charge is -2.30. The Kier molecular flexibility index (Phi) is 7.89. The van der Waals surface area contributed by atoms with Crippen LogP contribution >= 0.6 is 0 Å². The van der Waals surface area contributed by atoms with Crippen molar-refractivity contribution in [2.45, 2.75) is 59.0 Å². The van der Waals surface area contributed by atoms with Crippen LogP contribution in [0.25, 0.3) is 0 Å². The molecule has 1 amide bonds. The van der Waals surface area contributed by atoms with Gasteiger partial charge in [0.05, 0.1) is 12.6 Å². The average Bonchev–Trinajstić information content (AvgIpc) is 2.44. The van der Waals surface area contributed by atoms with Gasteiger partial charge in [0, 0.05) is 12.6 Å². The number of Topliss-reactive ketones (excluding diaryl/α,β-unsaturated/α-hetero) is 1. The summed E-state index contributed by atoms with van der Waals surface area (Å²) in [6, 6.07) is 0.115. The molecular weight excluding hydrogens is 266 g/mol. The Labute approximate surface area is 128 Å². The topological polar surface area (TPSA) is 61.4 Å². The van der Waals surface area contributed by atoms with Gasteiger partial charge in [0.25, 0.3) is 0 Å². The summed E-state index contributed by atoms with van der Waals surface area (Å²) in [6.45, 7) is 10.7. The van der Waals surface area contributed by atoms with E-state index in [1.165, 1.54) is 26.2 Å². The smallest absolute Gasteiger partial charge is 0.234 e. The van der Waals surface area contributed by atoms with Crippen LogP contribution in [0.3, 0.4) is 0 Å². The molecule has 122 valence electrons. The van der Waals surface area contributed by atoms with Gasteiger partial charge in [-0.1, -0.05) is 27.2 Å². The van der Waals surface area contributed by atoms with Gasteiger partial charge in [-0.05, 0) is 38.8 Å². The Morgan fingerprint density at radius 1 is 1.33 bits per heavy atom. The van der Waals surface area contributed by atoms with Gasteiger partial charge in [0.1, 0.15) is 0 Å². The molecule has 0 aromatic heterocycles. The van der Waals surface area contributed by atoms with Gasteiger partial charge in [-0.15, -0.1) is 0 Å². The highest BCUT2D eigenvalue weighted by molar-refractivity contribution is 5.88. The third-order valence-electron chi connectivity index (χ3n) is 4.13. The van der Waals surface area contributed by atoms with Crippen LogP contribution in [0.15, 0.2) is 0 Å². The Balaban J connectivity index is 2.43. The molecule has 2 N–H and O–H groups in total. The second kappa shape index (κ2) is 9.15. The molecular formula is C16H31N3O2. The first-order chi connectivity index (χ1) is 9.93. The third kappa shape index (κ3) is 6.57. The zero-order valence-electron chi connectivity index (χ0n) is 13.9. The molecule has 0 aromatic carbocycles. The number of rotatable bonds is 8. The monoisotopic (exact) mass is 297 g/mol. The number of carbonyl (C=O) groups excluding carboxylic acids is 2. The molecule has 0 saturated carbocycles. The predicted molar refractivity (Wildman–Crippen MR) is 85.2 cm³/mol. The van der Waals surface area contributed by atoms with Crippen LogP contribution in [-0.4, -0.2) is 54.9 Å². The molecule has 1 heterocycles. The number of likely N-dealkylation sites (N-methyl/N-ethyl adjacent to an activating group) is 1. The molecule has 0 aromatic rings. The highest BCUT2D eigenvalue weighted by atomic mass is 16.2. The first kappa shape index (κ1) is 18.1. The molecule has 2 unspecified atom stereocenters. The largest absolute Gasteiger partial charge is 0.345 e. The molecule has 1 saturated heterocycles. The van der Waals surface area contributed by atoms with Gasteiger partial charge in [0.15, 0.2) is 5.78 Å². The maximum absolute atomic E-state index is 12.1. The molecule has 1 fully saturated rings. The summed E-state index contributed by atoms with van der Waals surface area (Å²) in [5.41, 5.74) is 0. The number of hydrogen-bond acceptors (Lipinski definition) is 4. The summed E-state index contributed by atoms with van der Waals surface area (Å²) in [4.78, 5) is 25.9. The number of hydrogen-bond donors (Lipinski definition) is 2. The summed E-state index contributed by atoms with van der Waals surface area (Å²) in [5.74, 6) is 0.0958. The SMILES string of the molecule is CCN(CC(=O)NC(C(C)=O)C(C)C)CC1CCCCN1. The average molecular weight is 297 g/mol. The normalized spacial score (nSPS) is 20.6. The molecule has 5 heteroatoms. The molecule has 1 rings (SSSR count). The van der Waals surface area contributed by atoms with E-state index < -0.39 is 0 Å². The van der Waals surface area contributed by atoms with Crippen molar-refractivity contribution < 1.29 is 9.59 Å². The van der Waals surface area contributed by atoms with E-state index in [-0.39, 0.29) is 23.7 Å². The van der Waals surface area contributed by atoms with Gasteiger partial charge in [-0.3, -0.25) is 14.5 Å². The van der Waals surface area contributed by atoms with Crippen molar-refractivity contribution in [2.75, 3.05) is 26.2 Å². The van der Waals surface area contributed by atoms with E-state index in [1.807, 2.05) is 13.8 Å². The van der Waals surface area contributed by atoms with Gasteiger partial charge >= 0.3 is 0 Å². The molecule has 5 nitrogen and oxygen atoms in total. The fourth-order valence-corrected chi connectivity index (χ4v) is 2.86. The van der Waals surface area contributed by atoms with Crippen LogP contribution in [0.1, 0.15) is 47.0 Å². The Bertz CT molecular complexity index is 338. The van der Waals surface area contributed by atoms with Crippen molar-refractivity contribution in [3.8, 4) is 0 Å². The minimum absolute atomic E-state index is 0.0235. The first-order valence-corrected chi connectivity index (χ1v) is 8.19. The van der Waals surface area contributed by atoms with Crippen LogP contribution in [0.5, 0.6) is 0 Å². The molecule has 1 aliphatic rings. The highest BCUT2D eigenvalue weighted by Gasteiger charge is 2.22. The van der Waals surface area contributed by atoms with Crippen molar-refractivity contribution in [1.82, 2.24) is 15.5 Å². The van der Waals surface area contributed by atoms with E-state index in [0.717, 1.165) is 19.6 Å². The summed E-state index contributed by atoms with van der Waals surface area (Å²) < 4.78 is 0. The molecule has 0 aliphatic carbocycles. The summed E-state index contributed by atoms with van der Waals surface area (Å²) in [6.07, 6.45) is 3.69. The molecule has 0 radical (unpaired) electrons. The van der Waals surface area contributed by atoms with E-state index in [4.69, 9.17) is 0 Å². The fourth-order valence-electron chi connectivity index (χ4n) is 2.86. The van der Waals surface area contributed by atoms with E-state index in [9.17, 15) is 9.59 Å². The summed E-state index contributed by atoms with van der Waals surface area (Å²) in [5, 5.41) is 6.37. The highest BCUT2D eigenvalue weighted by Crippen LogP contribution is 2.08. The van der Waals surface area contributed by atoms with Gasteiger partial charge in [0.2, 0.25) is 5.91 Å². The second-order valence-electron chi connectivity index (χ2n) is 6.37. The molecule has 1 aliphatic heterocycles. The lowest BCUT2D eigenvalue weighted by Crippen LogP contribution is -2.50. The van der Waals surface area contributed by atoms with Gasteiger partial charge < -0.3 is 10.6 Å². The first-order valence-electron chi connectivity index (χ1n) is 8.19. The molecule has 0 spiro atoms. The maximum atomic E-state index is 12.1. The number of amides is 1. The maximum Gasteiger partial charge on any atom is 0.234 e. The lowest BCUT2D eigenvalue weighted by molar-refractivity contribution is -0.128. The van der Waals surface area contributed by atoms with Crippen molar-refractivity contribution in [3.05, 3.63) is 0 Å². The van der Waals surface area contributed by atoms with Crippen molar-refractivity contribution in [3.63, 3.8) is 0 Å². The summed E-state index contributed by atoms with van der Waals surface area (Å²) in [7, 11) is 0. The van der Waals surface area contributed by atoms with Crippen LogP contribution in [0.2, 0.25) is 0 Å². The van der Waals surface area contributed by atoms with Crippen LogP contribution in [0, 0.1) is 5.92 Å². The third-order valence-corrected chi connectivity index (χ3v) is 4.13. The van der Waals surface area contributed by atoms with Crippen LogP contribution in [0.4, 0.5) is 0 Å². The van der Waals surface area contributed by atoms with E-state index in [1.54, 1.807) is 0 Å². The Morgan fingerprint density at radius 2 is 2.05 bits per heavy atom. The molecule has 2 atom stereocenters. The minimum Gasteiger partial charge on any atom is -0.345 e. The van der Waals surface area contributed by atoms with Crippen molar-refractivity contribution in [2.24, 2.45) is 5.92 Å². The van der Waals surface area contributed by atoms with Gasteiger partial charge in [-0.2, -0.15) is 0 Å². The lowest BCUT2D eigenvalue weighted by atomic mass is 10.0. The second-order valence-corrected chi connectivity index (χ2v) is 6.37. The van der Waals surface area contributed by atoms with Crippen LogP contribution < -0.4 is 10.6 Å². The quantitative estimate of drug-likeness (QED) is 0.706. The van der Waals surface area contributed by atoms with Crippen molar-refractivity contribution >= 4 is 11.7 Å². The van der Waals surface area contributed by atoms with Crippen LogP contribution in [-0.2, 0) is 9.59 Å². The van der Waals surface area contributed by atoms with E-state index in [0.29, 0.717) is 12.6 Å². The van der Waals surface area contributed by atoms with E-state index >= 15 is 0 Å². The van der Waals surface area contributed by atoms with Crippen molar-refractivity contribution in [1.29, 1.82) is 0 Å². The zero-order valence-corrected chi connectivity index (χ0v) is 13.9. The fraction of sp³-hybridized carbons (Fsp3) is 0.875. The zero-order chi connectivity index (χ0) is 15.8. The minimum atomic E-state index is -0.371.